The van der Waals surface area contributed by atoms with Gasteiger partial charge in [-0.15, -0.1) is 0 Å². The Labute approximate surface area is 169 Å². The first-order chi connectivity index (χ1) is 14.1. The highest BCUT2D eigenvalue weighted by molar-refractivity contribution is 5.76. The molecular formula is C20H27N7O2. The number of aromatic nitrogens is 5. The Morgan fingerprint density at radius 3 is 3.03 bits per heavy atom. The lowest BCUT2D eigenvalue weighted by Crippen LogP contribution is -2.38. The number of nitrogens with zero attached hydrogens (tertiary/aromatic N) is 6. The number of carbonyl (C=O) groups excluding carboxylic acids is 1. The largest absolute Gasteiger partial charge is 0.422 e. The minimum atomic E-state index is 0.0996. The highest BCUT2D eigenvalue weighted by atomic mass is 16.4. The van der Waals surface area contributed by atoms with Crippen LogP contribution in [0.5, 0.6) is 0 Å². The van der Waals surface area contributed by atoms with E-state index in [2.05, 4.69) is 30.3 Å². The summed E-state index contributed by atoms with van der Waals surface area (Å²) in [5.74, 6) is 2.09. The van der Waals surface area contributed by atoms with Crippen molar-refractivity contribution >= 4 is 23.2 Å². The molecule has 0 spiro atoms. The molecule has 1 unspecified atom stereocenters. The second-order valence-corrected chi connectivity index (χ2v) is 7.61. The molecule has 154 valence electrons. The summed E-state index contributed by atoms with van der Waals surface area (Å²) in [4.78, 5) is 27.5. The number of pyridine rings is 1. The Bertz CT molecular complexity index is 947. The normalized spacial score (nSPS) is 17.0. The molecule has 1 aliphatic heterocycles. The summed E-state index contributed by atoms with van der Waals surface area (Å²) in [5, 5.41) is 7.38. The summed E-state index contributed by atoms with van der Waals surface area (Å²) < 4.78 is 7.72. The monoisotopic (exact) mass is 397 g/mol. The van der Waals surface area contributed by atoms with Gasteiger partial charge in [0, 0.05) is 38.8 Å². The smallest absolute Gasteiger partial charge is 0.299 e. The Balaban J connectivity index is 1.23. The van der Waals surface area contributed by atoms with E-state index in [1.807, 2.05) is 30.7 Å². The highest BCUT2D eigenvalue weighted by Crippen LogP contribution is 2.26. The fraction of sp³-hybridized carbons (Fsp3) is 0.550. The fourth-order valence-electron chi connectivity index (χ4n) is 3.86. The first kappa shape index (κ1) is 19.4. The molecule has 4 heterocycles. The van der Waals surface area contributed by atoms with Gasteiger partial charge in [0.25, 0.3) is 6.01 Å². The van der Waals surface area contributed by atoms with E-state index in [1.54, 1.807) is 6.20 Å². The van der Waals surface area contributed by atoms with Crippen LogP contribution in [0.25, 0.3) is 11.2 Å². The molecule has 3 aromatic rings. The summed E-state index contributed by atoms with van der Waals surface area (Å²) in [7, 11) is 0. The van der Waals surface area contributed by atoms with Gasteiger partial charge in [0.05, 0.1) is 0 Å². The number of nitrogens with one attached hydrogen (secondary N) is 1. The van der Waals surface area contributed by atoms with Crippen LogP contribution in [0.4, 0.5) is 6.01 Å². The Morgan fingerprint density at radius 2 is 2.24 bits per heavy atom. The van der Waals surface area contributed by atoms with Crippen molar-refractivity contribution in [2.75, 3.05) is 24.5 Å². The first-order valence-electron chi connectivity index (χ1n) is 10.2. The van der Waals surface area contributed by atoms with Crippen LogP contribution in [0.15, 0.2) is 22.7 Å². The van der Waals surface area contributed by atoms with Gasteiger partial charge in [-0.2, -0.15) is 10.1 Å². The van der Waals surface area contributed by atoms with E-state index in [4.69, 9.17) is 4.42 Å². The third-order valence-corrected chi connectivity index (χ3v) is 5.25. The second kappa shape index (κ2) is 8.59. The van der Waals surface area contributed by atoms with Crippen molar-refractivity contribution < 1.29 is 9.21 Å². The van der Waals surface area contributed by atoms with E-state index >= 15 is 0 Å². The number of hydrogen-bond acceptors (Lipinski definition) is 7. The predicted molar refractivity (Wildman–Crippen MR) is 108 cm³/mol. The maximum Gasteiger partial charge on any atom is 0.299 e. The van der Waals surface area contributed by atoms with Crippen molar-refractivity contribution in [1.82, 2.24) is 30.0 Å². The molecule has 0 aliphatic carbocycles. The molecular weight excluding hydrogens is 370 g/mol. The lowest BCUT2D eigenvalue weighted by atomic mass is 9.94. The number of aryl methyl sites for hydroxylation is 3. The SMILES string of the molecule is Cc1nc(C)n(CCCNC(=O)CC2CCCN(c3nc4ncccc4o3)C2)n1. The number of amides is 1. The summed E-state index contributed by atoms with van der Waals surface area (Å²) in [6, 6.07) is 4.31. The molecule has 1 amide bonds. The average Bonchev–Trinajstić information content (AvgIpc) is 3.28. The van der Waals surface area contributed by atoms with Crippen LogP contribution in [0.2, 0.25) is 0 Å². The molecule has 0 bridgehead atoms. The molecule has 1 atom stereocenters. The third-order valence-electron chi connectivity index (χ3n) is 5.25. The van der Waals surface area contributed by atoms with Crippen LogP contribution in [0.3, 0.4) is 0 Å². The van der Waals surface area contributed by atoms with E-state index in [0.29, 0.717) is 36.1 Å². The highest BCUT2D eigenvalue weighted by Gasteiger charge is 2.25. The van der Waals surface area contributed by atoms with Crippen LogP contribution in [0, 0.1) is 19.8 Å². The van der Waals surface area contributed by atoms with Gasteiger partial charge in [-0.05, 0) is 51.2 Å². The summed E-state index contributed by atoms with van der Waals surface area (Å²) in [5.41, 5.74) is 1.32. The number of rotatable bonds is 7. The van der Waals surface area contributed by atoms with Crippen molar-refractivity contribution in [2.24, 2.45) is 5.92 Å². The van der Waals surface area contributed by atoms with Crippen LogP contribution < -0.4 is 10.2 Å². The maximum absolute atomic E-state index is 12.4. The molecule has 3 aromatic heterocycles. The number of anilines is 1. The average molecular weight is 397 g/mol. The van der Waals surface area contributed by atoms with Gasteiger partial charge in [0.1, 0.15) is 11.6 Å². The molecule has 1 aliphatic rings. The Morgan fingerprint density at radius 1 is 1.34 bits per heavy atom. The van der Waals surface area contributed by atoms with Crippen LogP contribution in [-0.4, -0.2) is 50.3 Å². The Hall–Kier alpha value is -2.97. The van der Waals surface area contributed by atoms with Crippen molar-refractivity contribution in [3.8, 4) is 0 Å². The zero-order valence-corrected chi connectivity index (χ0v) is 17.0. The third kappa shape index (κ3) is 4.72. The van der Waals surface area contributed by atoms with Crippen molar-refractivity contribution in [3.63, 3.8) is 0 Å². The summed E-state index contributed by atoms with van der Waals surface area (Å²) >= 11 is 0. The topological polar surface area (TPSA) is 102 Å². The van der Waals surface area contributed by atoms with Gasteiger partial charge < -0.3 is 14.6 Å². The van der Waals surface area contributed by atoms with E-state index in [0.717, 1.165) is 50.5 Å². The van der Waals surface area contributed by atoms with Crippen molar-refractivity contribution in [1.29, 1.82) is 0 Å². The van der Waals surface area contributed by atoms with Crippen molar-refractivity contribution in [3.05, 3.63) is 30.0 Å². The fourth-order valence-corrected chi connectivity index (χ4v) is 3.86. The summed E-state index contributed by atoms with van der Waals surface area (Å²) in [6.45, 7) is 6.90. The number of fused-ring (bicyclic) bond motifs is 1. The van der Waals surface area contributed by atoms with Gasteiger partial charge in [-0.25, -0.2) is 9.97 Å². The van der Waals surface area contributed by atoms with E-state index in [9.17, 15) is 4.79 Å². The van der Waals surface area contributed by atoms with Gasteiger partial charge in [-0.3, -0.25) is 9.48 Å². The number of hydrogen-bond donors (Lipinski definition) is 1. The molecule has 1 saturated heterocycles. The molecule has 9 nitrogen and oxygen atoms in total. The molecule has 0 aromatic carbocycles. The number of piperidine rings is 1. The number of carbonyl (C=O) groups is 1. The maximum atomic E-state index is 12.4. The van der Waals surface area contributed by atoms with E-state index in [1.165, 1.54) is 0 Å². The minimum absolute atomic E-state index is 0.0996. The molecule has 9 heteroatoms. The lowest BCUT2D eigenvalue weighted by molar-refractivity contribution is -0.122. The zero-order chi connectivity index (χ0) is 20.2. The van der Waals surface area contributed by atoms with E-state index < -0.39 is 0 Å². The van der Waals surface area contributed by atoms with Crippen LogP contribution in [-0.2, 0) is 11.3 Å². The molecule has 1 N–H and O–H groups in total. The van der Waals surface area contributed by atoms with Crippen LogP contribution in [0.1, 0.15) is 37.3 Å². The first-order valence-corrected chi connectivity index (χ1v) is 10.2. The van der Waals surface area contributed by atoms with Gasteiger partial charge >= 0.3 is 0 Å². The second-order valence-electron chi connectivity index (χ2n) is 7.61. The standard InChI is InChI=1S/C20H27N7O2/c1-14-23-15(2)27(25-14)11-5-9-21-18(28)12-16-6-4-10-26(13-16)20-24-19-17(29-20)7-3-8-22-19/h3,7-8,16H,4-6,9-13H2,1-2H3,(H,21,28). The Kier molecular flexibility index (Phi) is 5.73. The van der Waals surface area contributed by atoms with Gasteiger partial charge in [0.2, 0.25) is 11.6 Å². The van der Waals surface area contributed by atoms with Gasteiger partial charge in [0.15, 0.2) is 5.58 Å². The minimum Gasteiger partial charge on any atom is -0.422 e. The van der Waals surface area contributed by atoms with Gasteiger partial charge in [-0.1, -0.05) is 0 Å². The summed E-state index contributed by atoms with van der Waals surface area (Å²) in [6.07, 6.45) is 5.14. The molecule has 0 saturated carbocycles. The van der Waals surface area contributed by atoms with Crippen LogP contribution >= 0.6 is 0 Å². The zero-order valence-electron chi connectivity index (χ0n) is 17.0. The quantitative estimate of drug-likeness (QED) is 0.610. The molecule has 29 heavy (non-hydrogen) atoms. The molecule has 4 rings (SSSR count). The number of oxazole rings is 1. The molecule has 1 fully saturated rings. The lowest BCUT2D eigenvalue weighted by Gasteiger charge is -2.31. The predicted octanol–water partition coefficient (Wildman–Crippen LogP) is 2.24. The molecule has 0 radical (unpaired) electrons. The van der Waals surface area contributed by atoms with Crippen molar-refractivity contribution in [2.45, 2.75) is 46.1 Å². The van der Waals surface area contributed by atoms with E-state index in [-0.39, 0.29) is 5.91 Å².